The van der Waals surface area contributed by atoms with E-state index < -0.39 is 11.6 Å². The largest absolute Gasteiger partial charge is 0.280 e. The number of aromatic nitrogens is 4. The van der Waals surface area contributed by atoms with Crippen LogP contribution in [0.15, 0.2) is 42.7 Å². The van der Waals surface area contributed by atoms with Crippen LogP contribution in [0.5, 0.6) is 0 Å². The highest BCUT2D eigenvalue weighted by molar-refractivity contribution is 7.22. The number of amides is 1. The quantitative estimate of drug-likeness (QED) is 0.488. The number of thiazole rings is 1. The van der Waals surface area contributed by atoms with Crippen molar-refractivity contribution in [2.75, 3.05) is 4.90 Å². The summed E-state index contributed by atoms with van der Waals surface area (Å²) < 4.78 is 29.8. The van der Waals surface area contributed by atoms with Gasteiger partial charge < -0.3 is 0 Å². The Bertz CT molecular complexity index is 1190. The molecule has 1 amide bonds. The van der Waals surface area contributed by atoms with E-state index in [1.54, 1.807) is 29.2 Å². The van der Waals surface area contributed by atoms with E-state index in [-0.39, 0.29) is 28.8 Å². The molecule has 148 valence electrons. The minimum atomic E-state index is -0.762. The lowest BCUT2D eigenvalue weighted by Crippen LogP contribution is -2.30. The molecule has 0 radical (unpaired) electrons. The van der Waals surface area contributed by atoms with Gasteiger partial charge >= 0.3 is 0 Å². The van der Waals surface area contributed by atoms with Crippen LogP contribution in [0.2, 0.25) is 0 Å². The lowest BCUT2D eigenvalue weighted by Gasteiger charge is -2.18. The third-order valence-electron chi connectivity index (χ3n) is 4.44. The van der Waals surface area contributed by atoms with Gasteiger partial charge in [0, 0.05) is 30.7 Å². The smallest absolute Gasteiger partial charge is 0.278 e. The maximum atomic E-state index is 14.2. The van der Waals surface area contributed by atoms with Crippen LogP contribution in [0.3, 0.4) is 0 Å². The van der Waals surface area contributed by atoms with E-state index in [4.69, 9.17) is 0 Å². The number of fused-ring (bicyclic) bond motifs is 1. The summed E-state index contributed by atoms with van der Waals surface area (Å²) >= 11 is 1.05. The first-order chi connectivity index (χ1) is 14.0. The molecule has 0 bridgehead atoms. The molecule has 0 aliphatic rings. The first kappa shape index (κ1) is 19.1. The van der Waals surface area contributed by atoms with Gasteiger partial charge in [-0.25, -0.2) is 13.8 Å². The number of aryl methyl sites for hydroxylation is 2. The second-order valence-corrected chi connectivity index (χ2v) is 7.48. The molecular weight excluding hydrogens is 396 g/mol. The number of benzene rings is 1. The van der Waals surface area contributed by atoms with Crippen molar-refractivity contribution in [3.05, 3.63) is 71.3 Å². The molecule has 3 heterocycles. The van der Waals surface area contributed by atoms with Gasteiger partial charge in [0.15, 0.2) is 16.6 Å². The maximum absolute atomic E-state index is 14.2. The fraction of sp³-hybridized carbons (Fsp3) is 0.200. The third-order valence-corrected chi connectivity index (χ3v) is 5.47. The van der Waals surface area contributed by atoms with Gasteiger partial charge in [-0.1, -0.05) is 17.4 Å². The monoisotopic (exact) mass is 413 g/mol. The van der Waals surface area contributed by atoms with Crippen molar-refractivity contribution in [3.8, 4) is 0 Å². The van der Waals surface area contributed by atoms with E-state index in [1.807, 2.05) is 19.9 Å². The molecule has 0 aliphatic heterocycles. The van der Waals surface area contributed by atoms with Gasteiger partial charge in [0.1, 0.15) is 11.3 Å². The van der Waals surface area contributed by atoms with Gasteiger partial charge in [0.25, 0.3) is 5.91 Å². The number of hydrogen-bond acceptors (Lipinski definition) is 5. The second-order valence-electron chi connectivity index (χ2n) is 6.47. The summed E-state index contributed by atoms with van der Waals surface area (Å²) in [6.07, 6.45) is 3.28. The van der Waals surface area contributed by atoms with Crippen molar-refractivity contribution in [1.82, 2.24) is 19.7 Å². The molecule has 0 spiro atoms. The molecule has 0 unspecified atom stereocenters. The van der Waals surface area contributed by atoms with Gasteiger partial charge in [-0.2, -0.15) is 5.10 Å². The third kappa shape index (κ3) is 3.73. The number of pyridine rings is 1. The number of nitrogens with zero attached hydrogens (tertiary/aromatic N) is 5. The minimum Gasteiger partial charge on any atom is -0.278 e. The highest BCUT2D eigenvalue weighted by Gasteiger charge is 2.25. The van der Waals surface area contributed by atoms with Crippen LogP contribution in [0.1, 0.15) is 28.7 Å². The Balaban J connectivity index is 1.79. The van der Waals surface area contributed by atoms with E-state index in [2.05, 4.69) is 15.1 Å². The summed E-state index contributed by atoms with van der Waals surface area (Å²) in [5.74, 6) is -1.82. The number of anilines is 1. The first-order valence-corrected chi connectivity index (χ1v) is 9.78. The topological polar surface area (TPSA) is 63.9 Å². The molecule has 0 saturated heterocycles. The molecule has 0 N–H and O–H groups in total. The van der Waals surface area contributed by atoms with Crippen LogP contribution in [-0.2, 0) is 13.1 Å². The normalized spacial score (nSPS) is 11.2. The zero-order valence-electron chi connectivity index (χ0n) is 15.8. The molecule has 0 atom stereocenters. The highest BCUT2D eigenvalue weighted by Crippen LogP contribution is 2.32. The Morgan fingerprint density at radius 3 is 2.79 bits per heavy atom. The Kier molecular flexibility index (Phi) is 5.06. The van der Waals surface area contributed by atoms with Crippen LogP contribution < -0.4 is 4.90 Å². The molecule has 4 rings (SSSR count). The van der Waals surface area contributed by atoms with E-state index in [0.29, 0.717) is 11.2 Å². The molecule has 29 heavy (non-hydrogen) atoms. The second kappa shape index (κ2) is 7.67. The van der Waals surface area contributed by atoms with Crippen molar-refractivity contribution in [2.24, 2.45) is 0 Å². The SMILES string of the molecule is CCn1nc(C(=O)N(Cc2cccnc2)c2nc3c(F)cc(F)cc3s2)cc1C. The zero-order chi connectivity index (χ0) is 20.5. The Hall–Kier alpha value is -3.20. The van der Waals surface area contributed by atoms with Crippen LogP contribution in [0.25, 0.3) is 10.2 Å². The van der Waals surface area contributed by atoms with Crippen molar-refractivity contribution in [1.29, 1.82) is 0 Å². The van der Waals surface area contributed by atoms with Crippen LogP contribution in [0, 0.1) is 18.6 Å². The van der Waals surface area contributed by atoms with E-state index in [9.17, 15) is 13.6 Å². The maximum Gasteiger partial charge on any atom is 0.280 e. The summed E-state index contributed by atoms with van der Waals surface area (Å²) in [7, 11) is 0. The molecule has 0 saturated carbocycles. The van der Waals surface area contributed by atoms with Crippen LogP contribution >= 0.6 is 11.3 Å². The summed E-state index contributed by atoms with van der Waals surface area (Å²) in [4.78, 5) is 23.1. The Morgan fingerprint density at radius 2 is 2.10 bits per heavy atom. The molecule has 6 nitrogen and oxygen atoms in total. The van der Waals surface area contributed by atoms with Crippen molar-refractivity contribution in [2.45, 2.75) is 26.9 Å². The first-order valence-electron chi connectivity index (χ1n) is 8.97. The van der Waals surface area contributed by atoms with E-state index in [1.165, 1.54) is 11.0 Å². The Labute approximate surface area is 169 Å². The Morgan fingerprint density at radius 1 is 1.28 bits per heavy atom. The molecular formula is C20H17F2N5OS. The van der Waals surface area contributed by atoms with Crippen LogP contribution in [0.4, 0.5) is 13.9 Å². The minimum absolute atomic E-state index is 0.0330. The predicted octanol–water partition coefficient (Wildman–Crippen LogP) is 4.34. The van der Waals surface area contributed by atoms with Gasteiger partial charge in [0.2, 0.25) is 0 Å². The highest BCUT2D eigenvalue weighted by atomic mass is 32.1. The summed E-state index contributed by atoms with van der Waals surface area (Å²) in [6, 6.07) is 7.29. The fourth-order valence-electron chi connectivity index (χ4n) is 3.03. The van der Waals surface area contributed by atoms with Crippen LogP contribution in [-0.4, -0.2) is 25.7 Å². The zero-order valence-corrected chi connectivity index (χ0v) is 16.6. The van der Waals surface area contributed by atoms with Gasteiger partial charge in [-0.3, -0.25) is 19.4 Å². The standard InChI is InChI=1S/C20H17F2N5OS/c1-3-27-12(2)7-16(25-27)19(28)26(11-13-5-4-6-23-10-13)20-24-18-15(22)8-14(21)9-17(18)29-20/h4-10H,3,11H2,1-2H3. The average Bonchev–Trinajstić information content (AvgIpc) is 3.29. The molecule has 1 aromatic carbocycles. The van der Waals surface area contributed by atoms with Gasteiger partial charge in [-0.05, 0) is 37.6 Å². The molecule has 0 aliphatic carbocycles. The van der Waals surface area contributed by atoms with Crippen molar-refractivity contribution in [3.63, 3.8) is 0 Å². The molecule has 3 aromatic heterocycles. The number of carbonyl (C=O) groups is 1. The summed E-state index contributed by atoms with van der Waals surface area (Å²) in [5, 5.41) is 4.62. The van der Waals surface area contributed by atoms with E-state index in [0.717, 1.165) is 28.7 Å². The lowest BCUT2D eigenvalue weighted by molar-refractivity contribution is 0.0979. The van der Waals surface area contributed by atoms with Gasteiger partial charge in [-0.15, -0.1) is 0 Å². The number of hydrogen-bond donors (Lipinski definition) is 0. The summed E-state index contributed by atoms with van der Waals surface area (Å²) in [5.41, 5.74) is 1.93. The molecule has 9 heteroatoms. The number of carbonyl (C=O) groups excluding carboxylic acids is 1. The van der Waals surface area contributed by atoms with Crippen molar-refractivity contribution < 1.29 is 13.6 Å². The molecule has 0 fully saturated rings. The molecule has 4 aromatic rings. The fourth-order valence-corrected chi connectivity index (χ4v) is 4.04. The number of rotatable bonds is 5. The van der Waals surface area contributed by atoms with Gasteiger partial charge in [0.05, 0.1) is 11.2 Å². The lowest BCUT2D eigenvalue weighted by atomic mass is 10.2. The summed E-state index contributed by atoms with van der Waals surface area (Å²) in [6.45, 7) is 4.61. The van der Waals surface area contributed by atoms with E-state index >= 15 is 0 Å². The number of halogens is 2. The van der Waals surface area contributed by atoms with Crippen molar-refractivity contribution >= 4 is 32.6 Å². The average molecular weight is 413 g/mol. The predicted molar refractivity (Wildman–Crippen MR) is 107 cm³/mol.